The number of hydrogen-bond donors (Lipinski definition) is 3. The molecule has 9 heteroatoms. The predicted molar refractivity (Wildman–Crippen MR) is 86.6 cm³/mol. The third kappa shape index (κ3) is 5.48. The number of rotatable bonds is 2. The molecule has 2 aromatic rings. The Kier molecular flexibility index (Phi) is 6.89. The summed E-state index contributed by atoms with van der Waals surface area (Å²) in [6, 6.07) is 6.01. The zero-order chi connectivity index (χ0) is 17.6. The Morgan fingerprint density at radius 3 is 1.78 bits per heavy atom. The van der Waals surface area contributed by atoms with E-state index in [0.29, 0.717) is 27.3 Å². The molecule has 2 heterocycles. The summed E-state index contributed by atoms with van der Waals surface area (Å²) in [6.07, 6.45) is 0. The Morgan fingerprint density at radius 2 is 1.43 bits per heavy atom. The number of hydrogen-bond acceptors (Lipinski definition) is 5. The molecule has 0 spiro atoms. The second-order valence-electron chi connectivity index (χ2n) is 4.31. The molecule has 23 heavy (non-hydrogen) atoms. The lowest BCUT2D eigenvalue weighted by atomic mass is 10.2. The second kappa shape index (κ2) is 8.42. The first-order chi connectivity index (χ1) is 10.8. The Labute approximate surface area is 142 Å². The molecule has 122 valence electrons. The van der Waals surface area contributed by atoms with Crippen molar-refractivity contribution in [3.63, 3.8) is 0 Å². The molecule has 2 rings (SSSR count). The number of carbonyl (C=O) groups is 2. The molecule has 0 aliphatic heterocycles. The zero-order valence-corrected chi connectivity index (χ0v) is 13.8. The average molecular weight is 357 g/mol. The molecular formula is C14H14Cl2N4O3. The summed E-state index contributed by atoms with van der Waals surface area (Å²) in [5, 5.41) is 9.25. The highest BCUT2D eigenvalue weighted by Gasteiger charge is 2.08. The highest BCUT2D eigenvalue weighted by molar-refractivity contribution is 6.29. The van der Waals surface area contributed by atoms with E-state index in [1.165, 1.54) is 12.1 Å². The van der Waals surface area contributed by atoms with E-state index < -0.39 is 5.97 Å². The summed E-state index contributed by atoms with van der Waals surface area (Å²) in [5.41, 5.74) is 3.64. The van der Waals surface area contributed by atoms with Gasteiger partial charge < -0.3 is 5.11 Å². The molecular weight excluding hydrogens is 343 g/mol. The van der Waals surface area contributed by atoms with E-state index in [1.807, 2.05) is 5.43 Å². The molecule has 0 aromatic carbocycles. The van der Waals surface area contributed by atoms with E-state index in [4.69, 9.17) is 34.2 Å². The Bertz CT molecular complexity index is 738. The van der Waals surface area contributed by atoms with Gasteiger partial charge in [0, 0.05) is 0 Å². The molecule has 0 atom stereocenters. The van der Waals surface area contributed by atoms with Gasteiger partial charge in [-0.15, -0.1) is 0 Å². The highest BCUT2D eigenvalue weighted by Crippen LogP contribution is 2.10. The second-order valence-corrected chi connectivity index (χ2v) is 5.09. The predicted octanol–water partition coefficient (Wildman–Crippen LogP) is 2.39. The van der Waals surface area contributed by atoms with Crippen molar-refractivity contribution in [2.24, 2.45) is 5.84 Å². The van der Waals surface area contributed by atoms with Crippen molar-refractivity contribution in [2.45, 2.75) is 13.8 Å². The number of nitrogen functional groups attached to an aromatic ring is 1. The molecule has 0 radical (unpaired) electrons. The number of nitrogens with two attached hydrogens (primary N) is 1. The number of carboxylic acids is 1. The van der Waals surface area contributed by atoms with E-state index in [1.54, 1.807) is 26.0 Å². The Hall–Kier alpha value is -2.22. The van der Waals surface area contributed by atoms with Gasteiger partial charge in [-0.25, -0.2) is 20.6 Å². The summed E-state index contributed by atoms with van der Waals surface area (Å²) < 4.78 is 0. The van der Waals surface area contributed by atoms with Gasteiger partial charge in [-0.1, -0.05) is 23.2 Å². The molecule has 0 aliphatic carbocycles. The van der Waals surface area contributed by atoms with Crippen LogP contribution in [0.25, 0.3) is 0 Å². The fourth-order valence-corrected chi connectivity index (χ4v) is 1.98. The van der Waals surface area contributed by atoms with Crippen LogP contribution in [0.5, 0.6) is 0 Å². The van der Waals surface area contributed by atoms with Crippen molar-refractivity contribution >= 4 is 35.1 Å². The minimum atomic E-state index is -0.980. The van der Waals surface area contributed by atoms with Crippen LogP contribution in [0.1, 0.15) is 32.1 Å². The summed E-state index contributed by atoms with van der Waals surface area (Å²) in [4.78, 5) is 29.1. The van der Waals surface area contributed by atoms with E-state index in [2.05, 4.69) is 9.97 Å². The van der Waals surface area contributed by atoms with Gasteiger partial charge in [0.05, 0.1) is 22.5 Å². The number of aryl methyl sites for hydroxylation is 2. The van der Waals surface area contributed by atoms with Crippen LogP contribution >= 0.6 is 23.2 Å². The number of aromatic nitrogens is 2. The van der Waals surface area contributed by atoms with E-state index in [9.17, 15) is 9.59 Å². The quantitative estimate of drug-likeness (QED) is 0.329. The van der Waals surface area contributed by atoms with Crippen LogP contribution in [0.15, 0.2) is 24.3 Å². The van der Waals surface area contributed by atoms with Crippen LogP contribution < -0.4 is 11.3 Å². The number of carboxylic acid groups (broad SMARTS) is 1. The lowest BCUT2D eigenvalue weighted by Crippen LogP contribution is -2.30. The highest BCUT2D eigenvalue weighted by atomic mass is 35.5. The Morgan fingerprint density at radius 1 is 1.00 bits per heavy atom. The third-order valence-electron chi connectivity index (χ3n) is 2.71. The minimum absolute atomic E-state index is 0.189. The topological polar surface area (TPSA) is 118 Å². The van der Waals surface area contributed by atoms with Crippen LogP contribution in [0, 0.1) is 13.8 Å². The van der Waals surface area contributed by atoms with Crippen molar-refractivity contribution in [1.29, 1.82) is 0 Å². The molecule has 7 nitrogen and oxygen atoms in total. The van der Waals surface area contributed by atoms with Gasteiger partial charge in [0.15, 0.2) is 0 Å². The van der Waals surface area contributed by atoms with Crippen molar-refractivity contribution in [3.8, 4) is 0 Å². The van der Waals surface area contributed by atoms with Gasteiger partial charge in [-0.05, 0) is 38.1 Å². The van der Waals surface area contributed by atoms with Crippen molar-refractivity contribution in [1.82, 2.24) is 15.4 Å². The van der Waals surface area contributed by atoms with Gasteiger partial charge in [0.1, 0.15) is 10.3 Å². The number of pyridine rings is 2. The van der Waals surface area contributed by atoms with E-state index in [-0.39, 0.29) is 11.5 Å². The fraction of sp³-hybridized carbons (Fsp3) is 0.143. The van der Waals surface area contributed by atoms with Crippen LogP contribution in [-0.2, 0) is 0 Å². The van der Waals surface area contributed by atoms with Crippen LogP contribution in [-0.4, -0.2) is 27.0 Å². The van der Waals surface area contributed by atoms with Gasteiger partial charge in [0.2, 0.25) is 0 Å². The molecule has 0 aliphatic rings. The SMILES string of the molecule is Cc1nc(Cl)ccc1C(=O)NN.Cc1nc(Cl)ccc1C(=O)O. The maximum Gasteiger partial charge on any atom is 0.337 e. The zero-order valence-electron chi connectivity index (χ0n) is 12.3. The first kappa shape index (κ1) is 18.8. The molecule has 0 unspecified atom stereocenters. The smallest absolute Gasteiger partial charge is 0.337 e. The summed E-state index contributed by atoms with van der Waals surface area (Å²) in [5.74, 6) is 3.61. The minimum Gasteiger partial charge on any atom is -0.478 e. The lowest BCUT2D eigenvalue weighted by Gasteiger charge is -2.02. The fourth-order valence-electron chi connectivity index (χ4n) is 1.60. The molecule has 0 saturated heterocycles. The first-order valence-electron chi connectivity index (χ1n) is 6.26. The number of carbonyl (C=O) groups excluding carboxylic acids is 1. The summed E-state index contributed by atoms with van der Waals surface area (Å²) in [7, 11) is 0. The monoisotopic (exact) mass is 356 g/mol. The lowest BCUT2D eigenvalue weighted by molar-refractivity contribution is 0.0695. The largest absolute Gasteiger partial charge is 0.478 e. The molecule has 1 amide bonds. The molecule has 4 N–H and O–H groups in total. The van der Waals surface area contributed by atoms with E-state index >= 15 is 0 Å². The normalized spacial score (nSPS) is 9.61. The maximum atomic E-state index is 11.0. The Balaban J connectivity index is 0.000000231. The number of nitrogens with one attached hydrogen (secondary N) is 1. The number of nitrogens with zero attached hydrogens (tertiary/aromatic N) is 2. The van der Waals surface area contributed by atoms with Crippen LogP contribution in [0.4, 0.5) is 0 Å². The number of hydrazine groups is 1. The number of aromatic carboxylic acids is 1. The number of amides is 1. The maximum absolute atomic E-state index is 11.0. The average Bonchev–Trinajstić information content (AvgIpc) is 2.46. The van der Waals surface area contributed by atoms with Crippen LogP contribution in [0.3, 0.4) is 0 Å². The van der Waals surface area contributed by atoms with Gasteiger partial charge in [-0.3, -0.25) is 10.2 Å². The third-order valence-corrected chi connectivity index (χ3v) is 3.13. The molecule has 2 aromatic heterocycles. The van der Waals surface area contributed by atoms with E-state index in [0.717, 1.165) is 0 Å². The first-order valence-corrected chi connectivity index (χ1v) is 7.02. The van der Waals surface area contributed by atoms with Crippen molar-refractivity contribution < 1.29 is 14.7 Å². The standard InChI is InChI=1S/C7H8ClN3O.C7H6ClNO2/c1-4-5(7(12)11-9)2-3-6(8)10-4;1-4-5(7(10)11)2-3-6(8)9-4/h2-3H,9H2,1H3,(H,11,12);2-3H,1H3,(H,10,11). The summed E-state index contributed by atoms with van der Waals surface area (Å²) in [6.45, 7) is 3.30. The van der Waals surface area contributed by atoms with Gasteiger partial charge in [0.25, 0.3) is 5.91 Å². The van der Waals surface area contributed by atoms with Crippen molar-refractivity contribution in [2.75, 3.05) is 0 Å². The summed E-state index contributed by atoms with van der Waals surface area (Å²) >= 11 is 11.1. The van der Waals surface area contributed by atoms with Crippen molar-refractivity contribution in [3.05, 3.63) is 57.1 Å². The van der Waals surface area contributed by atoms with Gasteiger partial charge >= 0.3 is 5.97 Å². The molecule has 0 bridgehead atoms. The molecule has 0 fully saturated rings. The van der Waals surface area contributed by atoms with Gasteiger partial charge in [-0.2, -0.15) is 0 Å². The molecule has 0 saturated carbocycles. The van der Waals surface area contributed by atoms with Crippen LogP contribution in [0.2, 0.25) is 10.3 Å². The number of halogens is 2.